The van der Waals surface area contributed by atoms with E-state index in [1.807, 2.05) is 0 Å². The molecule has 1 fully saturated rings. The van der Waals surface area contributed by atoms with Gasteiger partial charge < -0.3 is 25.4 Å². The number of nitrogens with two attached hydrogens (primary N) is 1. The highest BCUT2D eigenvalue weighted by atomic mass is 16.7. The molecule has 35 heavy (non-hydrogen) atoms. The number of nitrogens with zero attached hydrogens (tertiary/aromatic N) is 3. The molecule has 0 bridgehead atoms. The minimum Gasteiger partial charge on any atom is -0.433 e. The van der Waals surface area contributed by atoms with Crippen LogP contribution in [0.1, 0.15) is 114 Å². The largest absolute Gasteiger partial charge is 0.433 e. The number of hydrogen-bond donors (Lipinski definition) is 3. The molecule has 0 aromatic carbocycles. The highest BCUT2D eigenvalue weighted by Gasteiger charge is 2.46. The Hall–Kier alpha value is -2.30. The number of aromatic nitrogens is 3. The van der Waals surface area contributed by atoms with Crippen molar-refractivity contribution in [1.82, 2.24) is 14.8 Å². The van der Waals surface area contributed by atoms with E-state index in [-0.39, 0.29) is 12.2 Å². The molecule has 2 rings (SSSR count). The van der Waals surface area contributed by atoms with Gasteiger partial charge in [0, 0.05) is 6.42 Å². The molecule has 0 saturated carbocycles. The van der Waals surface area contributed by atoms with E-state index < -0.39 is 36.6 Å². The number of esters is 1. The molecule has 4 atom stereocenters. The van der Waals surface area contributed by atoms with E-state index in [0.717, 1.165) is 43.1 Å². The van der Waals surface area contributed by atoms with Crippen molar-refractivity contribution < 1.29 is 29.3 Å². The average Bonchev–Trinajstić information content (AvgIpc) is 3.43. The van der Waals surface area contributed by atoms with Gasteiger partial charge in [0.15, 0.2) is 6.23 Å². The van der Waals surface area contributed by atoms with Crippen LogP contribution in [0.5, 0.6) is 0 Å². The molecule has 0 spiro atoms. The molecular formula is C25H42N4O6. The summed E-state index contributed by atoms with van der Waals surface area (Å²) in [6.07, 6.45) is 15.8. The molecule has 1 aliphatic rings. The van der Waals surface area contributed by atoms with E-state index in [1.54, 1.807) is 0 Å². The first-order valence-corrected chi connectivity index (χ1v) is 13.0. The summed E-state index contributed by atoms with van der Waals surface area (Å²) in [6, 6.07) is 0. The van der Waals surface area contributed by atoms with Gasteiger partial charge in [-0.1, -0.05) is 70.4 Å². The molecule has 10 heteroatoms. The third kappa shape index (κ3) is 10.5. The maximum absolute atomic E-state index is 12.1. The van der Waals surface area contributed by atoms with Crippen LogP contribution in [0.3, 0.4) is 0 Å². The first-order valence-electron chi connectivity index (χ1n) is 13.0. The van der Waals surface area contributed by atoms with Crippen LogP contribution < -0.4 is 5.73 Å². The van der Waals surface area contributed by atoms with Crippen LogP contribution in [-0.2, 0) is 14.3 Å². The Kier molecular flexibility index (Phi) is 13.5. The monoisotopic (exact) mass is 494 g/mol. The molecule has 198 valence electrons. The summed E-state index contributed by atoms with van der Waals surface area (Å²) in [5.41, 5.74) is 5.11. The van der Waals surface area contributed by atoms with Crippen LogP contribution in [0, 0.1) is 0 Å². The first kappa shape index (κ1) is 28.9. The quantitative estimate of drug-likeness (QED) is 0.159. The summed E-state index contributed by atoms with van der Waals surface area (Å²) in [4.78, 5) is 27.0. The predicted molar refractivity (Wildman–Crippen MR) is 130 cm³/mol. The Balaban J connectivity index is 1.51. The number of carbonyl (C=O) groups excluding carboxylic acids is 2. The van der Waals surface area contributed by atoms with E-state index in [1.165, 1.54) is 44.9 Å². The molecule has 1 aromatic rings. The number of amides is 1. The van der Waals surface area contributed by atoms with Gasteiger partial charge in [-0.2, -0.15) is 0 Å². The minimum absolute atomic E-state index is 0.209. The normalized spacial score (nSPS) is 22.1. The van der Waals surface area contributed by atoms with Gasteiger partial charge in [-0.15, -0.1) is 5.10 Å². The van der Waals surface area contributed by atoms with Crippen molar-refractivity contribution in [2.45, 2.75) is 122 Å². The summed E-state index contributed by atoms with van der Waals surface area (Å²) in [7, 11) is 0. The number of aliphatic hydroxyl groups excluding tert-OH is 2. The van der Waals surface area contributed by atoms with Crippen molar-refractivity contribution >= 4 is 11.9 Å². The highest BCUT2D eigenvalue weighted by Crippen LogP contribution is 2.29. The number of allylic oxidation sites excluding steroid dienone is 2. The summed E-state index contributed by atoms with van der Waals surface area (Å²) in [5.74, 6) is -1.59. The lowest BCUT2D eigenvalue weighted by Gasteiger charge is -2.15. The fourth-order valence-corrected chi connectivity index (χ4v) is 3.98. The molecule has 0 radical (unpaired) electrons. The molecule has 0 unspecified atom stereocenters. The van der Waals surface area contributed by atoms with Crippen molar-refractivity contribution in [2.75, 3.05) is 0 Å². The lowest BCUT2D eigenvalue weighted by atomic mass is 10.1. The van der Waals surface area contributed by atoms with E-state index in [4.69, 9.17) is 15.2 Å². The molecule has 4 N–H and O–H groups in total. The van der Waals surface area contributed by atoms with Crippen LogP contribution in [-0.4, -0.2) is 55.4 Å². The maximum Gasteiger partial charge on any atom is 0.308 e. The second-order valence-electron chi connectivity index (χ2n) is 9.11. The third-order valence-electron chi connectivity index (χ3n) is 6.07. The Labute approximate surface area is 207 Å². The fourth-order valence-electron chi connectivity index (χ4n) is 3.98. The molecule has 10 nitrogen and oxygen atoms in total. The third-order valence-corrected chi connectivity index (χ3v) is 6.07. The zero-order chi connectivity index (χ0) is 25.5. The van der Waals surface area contributed by atoms with Gasteiger partial charge in [0.05, 0.1) is 0 Å². The highest BCUT2D eigenvalue weighted by molar-refractivity contribution is 5.88. The number of carbonyl (C=O) groups is 2. The van der Waals surface area contributed by atoms with Crippen LogP contribution >= 0.6 is 0 Å². The van der Waals surface area contributed by atoms with Crippen molar-refractivity contribution in [3.05, 3.63) is 24.3 Å². The minimum atomic E-state index is -1.45. The zero-order valence-electron chi connectivity index (χ0n) is 20.9. The predicted octanol–water partition coefficient (Wildman–Crippen LogP) is 3.53. The summed E-state index contributed by atoms with van der Waals surface area (Å²) in [5, 5.41) is 24.1. The van der Waals surface area contributed by atoms with Crippen LogP contribution in [0.4, 0.5) is 0 Å². The van der Waals surface area contributed by atoms with Crippen molar-refractivity contribution in [2.24, 2.45) is 5.73 Å². The molecule has 1 aliphatic heterocycles. The van der Waals surface area contributed by atoms with Crippen LogP contribution in [0.15, 0.2) is 18.5 Å². The maximum atomic E-state index is 12.1. The Morgan fingerprint density at radius 2 is 1.60 bits per heavy atom. The molecular weight excluding hydrogens is 452 g/mol. The van der Waals surface area contributed by atoms with Crippen molar-refractivity contribution in [1.29, 1.82) is 0 Å². The number of aliphatic hydroxyl groups is 2. The number of rotatable bonds is 18. The number of unbranched alkanes of at least 4 members (excludes halogenated alkanes) is 11. The van der Waals surface area contributed by atoms with E-state index in [9.17, 15) is 19.8 Å². The van der Waals surface area contributed by atoms with Crippen LogP contribution in [0.2, 0.25) is 0 Å². The number of ether oxygens (including phenoxy) is 2. The molecule has 2 heterocycles. The van der Waals surface area contributed by atoms with Crippen molar-refractivity contribution in [3.8, 4) is 0 Å². The lowest BCUT2D eigenvalue weighted by Crippen LogP contribution is -2.34. The second-order valence-corrected chi connectivity index (χ2v) is 9.11. The Bertz CT molecular complexity index is 784. The van der Waals surface area contributed by atoms with Gasteiger partial charge in [0.1, 0.15) is 18.5 Å². The van der Waals surface area contributed by atoms with Crippen molar-refractivity contribution in [3.63, 3.8) is 0 Å². The van der Waals surface area contributed by atoms with Gasteiger partial charge in [-0.25, -0.2) is 9.67 Å². The summed E-state index contributed by atoms with van der Waals surface area (Å²) < 4.78 is 11.7. The molecule has 1 amide bonds. The smallest absolute Gasteiger partial charge is 0.308 e. The Morgan fingerprint density at radius 1 is 1.00 bits per heavy atom. The topological polar surface area (TPSA) is 150 Å². The van der Waals surface area contributed by atoms with Gasteiger partial charge in [0.25, 0.3) is 5.91 Å². The summed E-state index contributed by atoms with van der Waals surface area (Å²) in [6.45, 7) is 2.24. The summed E-state index contributed by atoms with van der Waals surface area (Å²) >= 11 is 0. The van der Waals surface area contributed by atoms with E-state index in [0.29, 0.717) is 6.42 Å². The number of hydrogen-bond acceptors (Lipinski definition) is 8. The van der Waals surface area contributed by atoms with Gasteiger partial charge in [-0.3, -0.25) is 9.59 Å². The molecule has 1 saturated heterocycles. The van der Waals surface area contributed by atoms with Gasteiger partial charge in [-0.05, 0) is 32.1 Å². The SMILES string of the molecule is CCCCCCCC/C=C\CCCCCCCC(=O)O[C@H]1O[C@@H](n2cnc(C(N)=O)n2)[C@H](O)[C@@H]1O. The second kappa shape index (κ2) is 16.4. The van der Waals surface area contributed by atoms with Gasteiger partial charge >= 0.3 is 5.97 Å². The van der Waals surface area contributed by atoms with E-state index >= 15 is 0 Å². The number of primary amides is 1. The van der Waals surface area contributed by atoms with E-state index in [2.05, 4.69) is 29.2 Å². The zero-order valence-corrected chi connectivity index (χ0v) is 20.9. The first-order chi connectivity index (χ1) is 16.9. The fraction of sp³-hybridized carbons (Fsp3) is 0.760. The molecule has 0 aliphatic carbocycles. The lowest BCUT2D eigenvalue weighted by molar-refractivity contribution is -0.194. The van der Waals surface area contributed by atoms with Crippen LogP contribution in [0.25, 0.3) is 0 Å². The molecule has 1 aromatic heterocycles. The standard InChI is InChI=1S/C25H42N4O6/c1-2-3-4-5-6-7-8-9-10-11-12-13-14-15-16-17-19(30)34-25-21(32)20(31)24(35-25)29-18-27-23(28-29)22(26)33/h9-10,18,20-21,24-25,31-32H,2-8,11-17H2,1H3,(H2,26,33)/b10-9-/t20-,21+,24-,25+/m1/s1. The Morgan fingerprint density at radius 3 is 2.20 bits per heavy atom. The average molecular weight is 495 g/mol. The van der Waals surface area contributed by atoms with Gasteiger partial charge in [0.2, 0.25) is 12.1 Å².